The van der Waals surface area contributed by atoms with Crippen LogP contribution in [0.3, 0.4) is 0 Å². The smallest absolute Gasteiger partial charge is 0.388 e. The standard InChI is InChI=1S/C22H31F3N4O12/c23-22(24,25)21(32)27-16-12-41-18(20(31)19(16)30)13-40-10-9-39-8-7-38-6-5-37-4-3-26-15-2-1-14(28(33)34)11-17(15)29(35)36/h1-2,11,16,18-20,26,30-31H,3-10,12-13H2,(H,27,32)/t16-,18-,19-,20+/m1/s1. The molecule has 0 aliphatic carbocycles. The molecule has 1 heterocycles. The highest BCUT2D eigenvalue weighted by molar-refractivity contribution is 5.82. The Morgan fingerprint density at radius 2 is 1.54 bits per heavy atom. The van der Waals surface area contributed by atoms with Crippen LogP contribution in [0.1, 0.15) is 0 Å². The van der Waals surface area contributed by atoms with Gasteiger partial charge < -0.3 is 44.5 Å². The molecule has 1 fully saturated rings. The number of nitro groups is 2. The first-order valence-corrected chi connectivity index (χ1v) is 12.2. The fraction of sp³-hybridized carbons (Fsp3) is 0.682. The molecular weight excluding hydrogens is 569 g/mol. The van der Waals surface area contributed by atoms with Gasteiger partial charge in [0.15, 0.2) is 0 Å². The molecule has 41 heavy (non-hydrogen) atoms. The Hall–Kier alpha value is -3.20. The maximum absolute atomic E-state index is 12.3. The van der Waals surface area contributed by atoms with Crippen LogP contribution in [-0.4, -0.2) is 123 Å². The van der Waals surface area contributed by atoms with Crippen LogP contribution in [0.2, 0.25) is 0 Å². The number of nitrogens with zero attached hydrogens (tertiary/aromatic N) is 2. The lowest BCUT2D eigenvalue weighted by atomic mass is 9.98. The van der Waals surface area contributed by atoms with Crippen LogP contribution in [0.15, 0.2) is 18.2 Å². The maximum atomic E-state index is 12.3. The molecule has 0 unspecified atom stereocenters. The lowest BCUT2D eigenvalue weighted by Gasteiger charge is -2.37. The topological polar surface area (TPSA) is 214 Å². The molecule has 19 heteroatoms. The minimum absolute atomic E-state index is 0.0972. The molecule has 2 rings (SSSR count). The first-order chi connectivity index (χ1) is 19.4. The van der Waals surface area contributed by atoms with Gasteiger partial charge in [-0.1, -0.05) is 0 Å². The third-order valence-corrected chi connectivity index (χ3v) is 5.56. The molecule has 0 saturated carbocycles. The first kappa shape index (κ1) is 34.0. The number of alkyl halides is 3. The Morgan fingerprint density at radius 3 is 2.10 bits per heavy atom. The number of nitrogens with one attached hydrogen (secondary N) is 2. The number of hydrogen-bond acceptors (Lipinski definition) is 13. The van der Waals surface area contributed by atoms with Crippen LogP contribution in [0.4, 0.5) is 30.2 Å². The minimum atomic E-state index is -5.13. The molecule has 0 spiro atoms. The number of aliphatic hydroxyl groups is 2. The number of hydrogen-bond donors (Lipinski definition) is 4. The molecule has 1 aromatic carbocycles. The molecule has 0 aromatic heterocycles. The van der Waals surface area contributed by atoms with Gasteiger partial charge in [-0.3, -0.25) is 25.0 Å². The summed E-state index contributed by atoms with van der Waals surface area (Å²) in [5, 5.41) is 46.2. The Balaban J connectivity index is 1.45. The summed E-state index contributed by atoms with van der Waals surface area (Å²) in [4.78, 5) is 31.4. The van der Waals surface area contributed by atoms with Crippen LogP contribution < -0.4 is 10.6 Å². The van der Waals surface area contributed by atoms with E-state index < -0.39 is 58.6 Å². The molecule has 4 atom stereocenters. The van der Waals surface area contributed by atoms with E-state index in [-0.39, 0.29) is 70.8 Å². The van der Waals surface area contributed by atoms with Gasteiger partial charge in [0, 0.05) is 12.6 Å². The summed E-state index contributed by atoms with van der Waals surface area (Å²) in [5.74, 6) is -2.25. The number of ether oxygens (including phenoxy) is 5. The van der Waals surface area contributed by atoms with Crippen molar-refractivity contribution < 1.29 is 61.7 Å². The number of amides is 1. The lowest BCUT2D eigenvalue weighted by molar-refractivity contribution is -0.393. The first-order valence-electron chi connectivity index (χ1n) is 12.2. The van der Waals surface area contributed by atoms with Gasteiger partial charge in [-0.15, -0.1) is 0 Å². The highest BCUT2D eigenvalue weighted by Crippen LogP contribution is 2.28. The van der Waals surface area contributed by atoms with E-state index in [1.807, 2.05) is 0 Å². The Morgan fingerprint density at radius 1 is 0.951 bits per heavy atom. The van der Waals surface area contributed by atoms with E-state index in [2.05, 4.69) is 5.32 Å². The van der Waals surface area contributed by atoms with Crippen molar-refractivity contribution in [2.75, 3.05) is 71.3 Å². The molecule has 1 aliphatic heterocycles. The third kappa shape index (κ3) is 11.7. The monoisotopic (exact) mass is 600 g/mol. The zero-order chi connectivity index (χ0) is 30.4. The van der Waals surface area contributed by atoms with Crippen molar-refractivity contribution >= 4 is 23.0 Å². The Kier molecular flexibility index (Phi) is 14.0. The van der Waals surface area contributed by atoms with E-state index in [1.54, 1.807) is 5.32 Å². The van der Waals surface area contributed by atoms with Crippen LogP contribution >= 0.6 is 0 Å². The van der Waals surface area contributed by atoms with Crippen molar-refractivity contribution in [3.8, 4) is 0 Å². The van der Waals surface area contributed by atoms with E-state index in [0.29, 0.717) is 0 Å². The number of carbonyl (C=O) groups is 1. The maximum Gasteiger partial charge on any atom is 0.471 e. The molecule has 0 radical (unpaired) electrons. The predicted octanol–water partition coefficient (Wildman–Crippen LogP) is 0.149. The number of carbonyl (C=O) groups excluding carboxylic acids is 1. The summed E-state index contributed by atoms with van der Waals surface area (Å²) in [6.45, 7) is 1.05. The lowest BCUT2D eigenvalue weighted by Crippen LogP contribution is -2.61. The van der Waals surface area contributed by atoms with E-state index in [9.17, 15) is 48.4 Å². The number of halogens is 3. The molecular formula is C22H31F3N4O12. The van der Waals surface area contributed by atoms with Crippen molar-refractivity contribution in [1.29, 1.82) is 0 Å². The second-order valence-electron chi connectivity index (χ2n) is 8.49. The Bertz CT molecular complexity index is 1000. The summed E-state index contributed by atoms with van der Waals surface area (Å²) >= 11 is 0. The number of benzene rings is 1. The number of nitro benzene ring substituents is 2. The fourth-order valence-corrected chi connectivity index (χ4v) is 3.46. The van der Waals surface area contributed by atoms with Gasteiger partial charge >= 0.3 is 12.1 Å². The second kappa shape index (κ2) is 16.9. The molecule has 1 saturated heterocycles. The summed E-state index contributed by atoms with van der Waals surface area (Å²) in [7, 11) is 0. The van der Waals surface area contributed by atoms with E-state index in [1.165, 1.54) is 6.07 Å². The number of non-ortho nitro benzene ring substituents is 1. The predicted molar refractivity (Wildman–Crippen MR) is 131 cm³/mol. The average molecular weight is 601 g/mol. The van der Waals surface area contributed by atoms with E-state index in [4.69, 9.17) is 23.7 Å². The molecule has 4 N–H and O–H groups in total. The van der Waals surface area contributed by atoms with Gasteiger partial charge in [-0.25, -0.2) is 0 Å². The van der Waals surface area contributed by atoms with Crippen LogP contribution in [0.25, 0.3) is 0 Å². The van der Waals surface area contributed by atoms with Crippen molar-refractivity contribution in [3.63, 3.8) is 0 Å². The third-order valence-electron chi connectivity index (χ3n) is 5.56. The number of rotatable bonds is 18. The zero-order valence-corrected chi connectivity index (χ0v) is 21.6. The zero-order valence-electron chi connectivity index (χ0n) is 21.6. The van der Waals surface area contributed by atoms with Crippen LogP contribution in [0, 0.1) is 20.2 Å². The molecule has 16 nitrogen and oxygen atoms in total. The van der Waals surface area contributed by atoms with E-state index >= 15 is 0 Å². The van der Waals surface area contributed by atoms with Gasteiger partial charge in [0.2, 0.25) is 0 Å². The molecule has 0 bridgehead atoms. The van der Waals surface area contributed by atoms with Crippen molar-refractivity contribution in [2.45, 2.75) is 30.5 Å². The molecule has 1 aromatic rings. The van der Waals surface area contributed by atoms with E-state index in [0.717, 1.165) is 12.1 Å². The van der Waals surface area contributed by atoms with Crippen LogP contribution in [0.5, 0.6) is 0 Å². The number of anilines is 1. The summed E-state index contributed by atoms with van der Waals surface area (Å²) in [6.07, 6.45) is -9.38. The van der Waals surface area contributed by atoms with Crippen molar-refractivity contribution in [3.05, 3.63) is 38.4 Å². The van der Waals surface area contributed by atoms with Gasteiger partial charge in [-0.2, -0.15) is 13.2 Å². The minimum Gasteiger partial charge on any atom is -0.388 e. The quantitative estimate of drug-likeness (QED) is 0.100. The molecule has 232 valence electrons. The van der Waals surface area contributed by atoms with Gasteiger partial charge in [0.05, 0.1) is 81.4 Å². The highest BCUT2D eigenvalue weighted by atomic mass is 19.4. The van der Waals surface area contributed by atoms with Crippen LogP contribution in [-0.2, 0) is 28.5 Å². The molecule has 1 aliphatic rings. The molecule has 1 amide bonds. The second-order valence-corrected chi connectivity index (χ2v) is 8.49. The highest BCUT2D eigenvalue weighted by Gasteiger charge is 2.44. The average Bonchev–Trinajstić information content (AvgIpc) is 2.91. The van der Waals surface area contributed by atoms with Crippen molar-refractivity contribution in [2.24, 2.45) is 0 Å². The van der Waals surface area contributed by atoms with Gasteiger partial charge in [0.25, 0.3) is 11.4 Å². The SMILES string of the molecule is O=C(N[C@@H]1CO[C@H](COCCOCCOCCOCCNc2ccc([N+](=O)[O-])cc2[N+](=O)[O-])[C@H](O)[C@@H]1O)C(F)(F)F. The summed E-state index contributed by atoms with van der Waals surface area (Å²) in [5.41, 5.74) is -0.675. The number of aliphatic hydroxyl groups excluding tert-OH is 2. The Labute approximate surface area is 230 Å². The van der Waals surface area contributed by atoms with Crippen molar-refractivity contribution in [1.82, 2.24) is 5.32 Å². The van der Waals surface area contributed by atoms with Gasteiger partial charge in [0.1, 0.15) is 24.0 Å². The fourth-order valence-electron chi connectivity index (χ4n) is 3.46. The largest absolute Gasteiger partial charge is 0.471 e. The summed E-state index contributed by atoms with van der Waals surface area (Å²) < 4.78 is 63.5. The van der Waals surface area contributed by atoms with Gasteiger partial charge in [-0.05, 0) is 6.07 Å². The normalized spacial score (nSPS) is 20.9. The summed E-state index contributed by atoms with van der Waals surface area (Å²) in [6, 6.07) is 1.86.